The number of carbonyl (C=O) groups is 2. The second kappa shape index (κ2) is 21.8. The third kappa shape index (κ3) is 20.9. The minimum atomic E-state index is -0.901. The SMILES string of the molecule is CC/C=C\CC=CCC=CC/C=C\C/C=C\CCCCN[C@H](CSC(C)=O)C(=O)O. The Hall–Kier alpha value is -1.85. The van der Waals surface area contributed by atoms with Crippen LogP contribution >= 0.6 is 11.8 Å². The molecule has 0 aromatic rings. The van der Waals surface area contributed by atoms with E-state index in [1.54, 1.807) is 0 Å². The third-order valence-electron chi connectivity index (χ3n) is 4.10. The van der Waals surface area contributed by atoms with Gasteiger partial charge >= 0.3 is 5.97 Å². The normalized spacial score (nSPS) is 13.5. The molecule has 30 heavy (non-hydrogen) atoms. The summed E-state index contributed by atoms with van der Waals surface area (Å²) < 4.78 is 0. The number of unbranched alkanes of at least 4 members (excludes halogenated alkanes) is 2. The van der Waals surface area contributed by atoms with Gasteiger partial charge in [-0.25, -0.2) is 0 Å². The highest BCUT2D eigenvalue weighted by Gasteiger charge is 2.16. The molecule has 0 bridgehead atoms. The molecule has 0 unspecified atom stereocenters. The summed E-state index contributed by atoms with van der Waals surface area (Å²) >= 11 is 1.05. The van der Waals surface area contributed by atoms with Crippen LogP contribution in [-0.4, -0.2) is 34.5 Å². The maximum absolute atomic E-state index is 11.1. The Labute approximate surface area is 187 Å². The molecule has 0 heterocycles. The van der Waals surface area contributed by atoms with Crippen molar-refractivity contribution >= 4 is 22.8 Å². The number of carboxylic acids is 1. The monoisotopic (exact) mass is 433 g/mol. The number of thioether (sulfide) groups is 1. The van der Waals surface area contributed by atoms with Gasteiger partial charge in [0.25, 0.3) is 0 Å². The number of carbonyl (C=O) groups excluding carboxylic acids is 1. The number of hydrogen-bond acceptors (Lipinski definition) is 4. The van der Waals surface area contributed by atoms with Gasteiger partial charge in [-0.3, -0.25) is 9.59 Å². The highest BCUT2D eigenvalue weighted by molar-refractivity contribution is 8.13. The fraction of sp³-hybridized carbons (Fsp3) is 0.520. The summed E-state index contributed by atoms with van der Waals surface area (Å²) in [5.74, 6) is -0.624. The Morgan fingerprint density at radius 3 is 1.80 bits per heavy atom. The van der Waals surface area contributed by atoms with Gasteiger partial charge < -0.3 is 10.4 Å². The van der Waals surface area contributed by atoms with Crippen LogP contribution in [0.2, 0.25) is 0 Å². The lowest BCUT2D eigenvalue weighted by Gasteiger charge is -2.12. The molecule has 0 aliphatic carbocycles. The molecule has 0 amide bonds. The maximum atomic E-state index is 11.1. The van der Waals surface area contributed by atoms with Crippen molar-refractivity contribution in [3.8, 4) is 0 Å². The standard InChI is InChI=1S/C25H39NO3S/c1-3-4-5-6-7-8-9-10-11-12-13-14-15-16-17-18-19-20-21-26-24(25(28)29)22-30-23(2)27/h4-5,7-8,10-11,13-14,16-17,24,26H,3,6,9,12,15,18-22H2,1-2H3,(H,28,29)/b5-4-,8-7?,11-10?,14-13-,17-16-/t24-/m1/s1. The van der Waals surface area contributed by atoms with E-state index < -0.39 is 12.0 Å². The summed E-state index contributed by atoms with van der Waals surface area (Å²) in [6.45, 7) is 4.25. The van der Waals surface area contributed by atoms with Crippen LogP contribution in [0.3, 0.4) is 0 Å². The molecule has 4 nitrogen and oxygen atoms in total. The first-order valence-corrected chi connectivity index (χ1v) is 11.9. The fourth-order valence-corrected chi connectivity index (χ4v) is 3.11. The molecule has 2 N–H and O–H groups in total. The second-order valence-corrected chi connectivity index (χ2v) is 8.05. The zero-order valence-electron chi connectivity index (χ0n) is 18.6. The van der Waals surface area contributed by atoms with E-state index in [2.05, 4.69) is 73.0 Å². The van der Waals surface area contributed by atoms with E-state index in [1.165, 1.54) is 6.92 Å². The summed E-state index contributed by atoms with van der Waals surface area (Å²) in [6, 6.07) is -0.660. The van der Waals surface area contributed by atoms with Crippen molar-refractivity contribution in [1.82, 2.24) is 5.32 Å². The minimum absolute atomic E-state index is 0.0542. The summed E-state index contributed by atoms with van der Waals surface area (Å²) in [6.07, 6.45) is 29.8. The smallest absolute Gasteiger partial charge is 0.321 e. The summed E-state index contributed by atoms with van der Waals surface area (Å²) in [5, 5.41) is 12.1. The van der Waals surface area contributed by atoms with Crippen molar-refractivity contribution in [2.75, 3.05) is 12.3 Å². The number of nitrogens with one attached hydrogen (secondary N) is 1. The van der Waals surface area contributed by atoms with Gasteiger partial charge in [0.1, 0.15) is 6.04 Å². The molecule has 0 fully saturated rings. The summed E-state index contributed by atoms with van der Waals surface area (Å²) in [7, 11) is 0. The van der Waals surface area contributed by atoms with Gasteiger partial charge in [0, 0.05) is 12.7 Å². The first-order chi connectivity index (χ1) is 14.6. The van der Waals surface area contributed by atoms with Crippen LogP contribution < -0.4 is 5.32 Å². The molecule has 0 saturated heterocycles. The lowest BCUT2D eigenvalue weighted by Crippen LogP contribution is -2.39. The molecular formula is C25H39NO3S. The van der Waals surface area contributed by atoms with Gasteiger partial charge in [0.2, 0.25) is 0 Å². The van der Waals surface area contributed by atoms with E-state index in [4.69, 9.17) is 5.11 Å². The molecule has 0 rings (SSSR count). The van der Waals surface area contributed by atoms with E-state index in [9.17, 15) is 9.59 Å². The first-order valence-electron chi connectivity index (χ1n) is 10.9. The molecule has 168 valence electrons. The second-order valence-electron chi connectivity index (χ2n) is 6.85. The van der Waals surface area contributed by atoms with E-state index in [1.807, 2.05) is 0 Å². The van der Waals surface area contributed by atoms with Crippen LogP contribution in [0.25, 0.3) is 0 Å². The van der Waals surface area contributed by atoms with Gasteiger partial charge in [-0.15, -0.1) is 0 Å². The van der Waals surface area contributed by atoms with Crippen LogP contribution in [0.1, 0.15) is 65.2 Å². The molecule has 0 aromatic heterocycles. The van der Waals surface area contributed by atoms with Crippen LogP contribution in [0.15, 0.2) is 60.8 Å². The third-order valence-corrected chi connectivity index (χ3v) is 5.00. The van der Waals surface area contributed by atoms with Crippen molar-refractivity contribution in [2.24, 2.45) is 0 Å². The Balaban J connectivity index is 3.63. The van der Waals surface area contributed by atoms with Crippen LogP contribution in [-0.2, 0) is 9.59 Å². The molecule has 0 aliphatic rings. The molecule has 0 radical (unpaired) electrons. The molecule has 1 atom stereocenters. The van der Waals surface area contributed by atoms with Gasteiger partial charge in [-0.05, 0) is 57.9 Å². The predicted molar refractivity (Wildman–Crippen MR) is 131 cm³/mol. The zero-order chi connectivity index (χ0) is 22.3. The van der Waals surface area contributed by atoms with E-state index in [-0.39, 0.29) is 10.9 Å². The van der Waals surface area contributed by atoms with Gasteiger partial charge in [-0.1, -0.05) is 79.4 Å². The highest BCUT2D eigenvalue weighted by atomic mass is 32.2. The zero-order valence-corrected chi connectivity index (χ0v) is 19.4. The number of aliphatic carboxylic acids is 1. The largest absolute Gasteiger partial charge is 0.480 e. The number of rotatable bonds is 18. The maximum Gasteiger partial charge on any atom is 0.321 e. The summed E-state index contributed by atoms with van der Waals surface area (Å²) in [5.41, 5.74) is 0. The Kier molecular flexibility index (Phi) is 20.5. The van der Waals surface area contributed by atoms with E-state index in [0.717, 1.165) is 63.1 Å². The number of hydrogen-bond donors (Lipinski definition) is 2. The number of carboxylic acid groups (broad SMARTS) is 1. The average Bonchev–Trinajstić information content (AvgIpc) is 2.71. The van der Waals surface area contributed by atoms with Crippen LogP contribution in [0.4, 0.5) is 0 Å². The lowest BCUT2D eigenvalue weighted by atomic mass is 10.2. The molecule has 0 aliphatic heterocycles. The topological polar surface area (TPSA) is 66.4 Å². The Morgan fingerprint density at radius 1 is 0.833 bits per heavy atom. The molecule has 0 spiro atoms. The Bertz CT molecular complexity index is 591. The van der Waals surface area contributed by atoms with Crippen molar-refractivity contribution in [1.29, 1.82) is 0 Å². The van der Waals surface area contributed by atoms with Gasteiger partial charge in [0.15, 0.2) is 5.12 Å². The van der Waals surface area contributed by atoms with Gasteiger partial charge in [0.05, 0.1) is 0 Å². The molecular weight excluding hydrogens is 394 g/mol. The van der Waals surface area contributed by atoms with Crippen LogP contribution in [0.5, 0.6) is 0 Å². The van der Waals surface area contributed by atoms with Gasteiger partial charge in [-0.2, -0.15) is 0 Å². The minimum Gasteiger partial charge on any atom is -0.480 e. The quantitative estimate of drug-likeness (QED) is 0.198. The summed E-state index contributed by atoms with van der Waals surface area (Å²) in [4.78, 5) is 22.1. The molecule has 0 aromatic carbocycles. The van der Waals surface area contributed by atoms with E-state index in [0.29, 0.717) is 6.54 Å². The number of allylic oxidation sites excluding steroid dienone is 10. The predicted octanol–water partition coefficient (Wildman–Crippen LogP) is 6.23. The lowest BCUT2D eigenvalue weighted by molar-refractivity contribution is -0.138. The van der Waals surface area contributed by atoms with E-state index >= 15 is 0 Å². The molecule has 5 heteroatoms. The van der Waals surface area contributed by atoms with Crippen molar-refractivity contribution in [2.45, 2.75) is 71.3 Å². The van der Waals surface area contributed by atoms with Crippen LogP contribution in [0, 0.1) is 0 Å². The highest BCUT2D eigenvalue weighted by Crippen LogP contribution is 2.05. The van der Waals surface area contributed by atoms with Crippen molar-refractivity contribution in [3.63, 3.8) is 0 Å². The average molecular weight is 434 g/mol. The van der Waals surface area contributed by atoms with Crippen molar-refractivity contribution in [3.05, 3.63) is 60.8 Å². The Morgan fingerprint density at radius 2 is 1.33 bits per heavy atom. The van der Waals surface area contributed by atoms with Crippen molar-refractivity contribution < 1.29 is 14.7 Å². The fourth-order valence-electron chi connectivity index (χ4n) is 2.45. The first kappa shape index (κ1) is 28.1. The molecule has 0 saturated carbocycles.